The molecular formula is C13H19N5O. The zero-order chi connectivity index (χ0) is 13.4. The van der Waals surface area contributed by atoms with E-state index < -0.39 is 5.91 Å². The van der Waals surface area contributed by atoms with Gasteiger partial charge < -0.3 is 16.4 Å². The molecule has 102 valence electrons. The summed E-state index contributed by atoms with van der Waals surface area (Å²) in [5.74, 6) is -0.116. The van der Waals surface area contributed by atoms with Crippen molar-refractivity contribution in [1.29, 1.82) is 0 Å². The Morgan fingerprint density at radius 3 is 3.00 bits per heavy atom. The maximum Gasteiger partial charge on any atom is 0.251 e. The molecule has 0 spiro atoms. The monoisotopic (exact) mass is 261 g/mol. The Labute approximate surface area is 112 Å². The fourth-order valence-corrected chi connectivity index (χ4v) is 3.12. The van der Waals surface area contributed by atoms with Crippen LogP contribution in [0.5, 0.6) is 0 Å². The van der Waals surface area contributed by atoms with Crippen LogP contribution in [0.2, 0.25) is 0 Å². The topological polar surface area (TPSA) is 88.5 Å². The first-order valence-corrected chi connectivity index (χ1v) is 6.69. The van der Waals surface area contributed by atoms with Crippen molar-refractivity contribution in [3.05, 3.63) is 17.8 Å². The number of nitrogens with two attached hydrogens (primary N) is 2. The van der Waals surface area contributed by atoms with E-state index in [2.05, 4.69) is 14.8 Å². The number of nitrogen functional groups attached to an aromatic ring is 1. The van der Waals surface area contributed by atoms with Gasteiger partial charge in [-0.2, -0.15) is 0 Å². The average molecular weight is 261 g/mol. The summed E-state index contributed by atoms with van der Waals surface area (Å²) in [5.41, 5.74) is 12.4. The zero-order valence-corrected chi connectivity index (χ0v) is 10.9. The van der Waals surface area contributed by atoms with Crippen LogP contribution in [0.1, 0.15) is 23.2 Å². The Hall–Kier alpha value is -1.82. The molecule has 0 aliphatic carbocycles. The number of fused-ring (bicyclic) bond motifs is 1. The molecule has 19 heavy (non-hydrogen) atoms. The number of anilines is 2. The van der Waals surface area contributed by atoms with E-state index in [4.69, 9.17) is 11.5 Å². The highest BCUT2D eigenvalue weighted by atomic mass is 16.1. The highest BCUT2D eigenvalue weighted by Gasteiger charge is 2.31. The number of pyridine rings is 1. The quantitative estimate of drug-likeness (QED) is 0.785. The first-order valence-electron chi connectivity index (χ1n) is 6.69. The Kier molecular flexibility index (Phi) is 3.02. The summed E-state index contributed by atoms with van der Waals surface area (Å²) in [6.07, 6.45) is 4.16. The lowest BCUT2D eigenvalue weighted by atomic mass is 10.1. The lowest BCUT2D eigenvalue weighted by Gasteiger charge is -2.39. The van der Waals surface area contributed by atoms with Crippen LogP contribution in [0.15, 0.2) is 12.3 Å². The van der Waals surface area contributed by atoms with Crippen LogP contribution in [0.25, 0.3) is 0 Å². The summed E-state index contributed by atoms with van der Waals surface area (Å²) < 4.78 is 0. The number of nitrogens with zero attached hydrogens (tertiary/aromatic N) is 3. The summed E-state index contributed by atoms with van der Waals surface area (Å²) in [5, 5.41) is 0. The smallest absolute Gasteiger partial charge is 0.251 e. The van der Waals surface area contributed by atoms with Gasteiger partial charge in [0.2, 0.25) is 0 Å². The van der Waals surface area contributed by atoms with Gasteiger partial charge in [0.05, 0.1) is 17.4 Å². The molecule has 0 saturated carbocycles. The van der Waals surface area contributed by atoms with Crippen molar-refractivity contribution in [2.45, 2.75) is 18.9 Å². The molecule has 2 aliphatic heterocycles. The minimum Gasteiger partial charge on any atom is -0.384 e. The highest BCUT2D eigenvalue weighted by Crippen LogP contribution is 2.27. The number of carbonyl (C=O) groups is 1. The van der Waals surface area contributed by atoms with Gasteiger partial charge in [-0.05, 0) is 25.5 Å². The number of primary amides is 1. The van der Waals surface area contributed by atoms with Crippen molar-refractivity contribution in [3.8, 4) is 0 Å². The SMILES string of the molecule is NC(=O)c1cc(N)ncc1N1CCN2CCCC2C1. The fourth-order valence-electron chi connectivity index (χ4n) is 3.12. The summed E-state index contributed by atoms with van der Waals surface area (Å²) >= 11 is 0. The van der Waals surface area contributed by atoms with Crippen LogP contribution < -0.4 is 16.4 Å². The third-order valence-electron chi connectivity index (χ3n) is 4.10. The number of piperazine rings is 1. The molecule has 1 aromatic heterocycles. The minimum atomic E-state index is -0.446. The molecule has 1 unspecified atom stereocenters. The van der Waals surface area contributed by atoms with Crippen molar-refractivity contribution in [2.75, 3.05) is 36.8 Å². The average Bonchev–Trinajstić information content (AvgIpc) is 2.85. The highest BCUT2D eigenvalue weighted by molar-refractivity contribution is 5.99. The number of hydrogen-bond acceptors (Lipinski definition) is 5. The number of aromatic nitrogens is 1. The molecule has 4 N–H and O–H groups in total. The third kappa shape index (κ3) is 2.23. The van der Waals surface area contributed by atoms with Gasteiger partial charge in [0.25, 0.3) is 5.91 Å². The zero-order valence-electron chi connectivity index (χ0n) is 10.9. The normalized spacial score (nSPS) is 23.4. The van der Waals surface area contributed by atoms with E-state index >= 15 is 0 Å². The standard InChI is InChI=1S/C13H19N5O/c14-12-6-10(13(15)19)11(7-16-12)18-5-4-17-3-1-2-9(17)8-18/h6-7,9H,1-5,8H2,(H2,14,16)(H2,15,19). The second-order valence-corrected chi connectivity index (χ2v) is 5.27. The van der Waals surface area contributed by atoms with Crippen molar-refractivity contribution in [1.82, 2.24) is 9.88 Å². The van der Waals surface area contributed by atoms with Gasteiger partial charge in [-0.25, -0.2) is 4.98 Å². The van der Waals surface area contributed by atoms with Crippen LogP contribution >= 0.6 is 0 Å². The second-order valence-electron chi connectivity index (χ2n) is 5.27. The summed E-state index contributed by atoms with van der Waals surface area (Å²) in [7, 11) is 0. The molecule has 1 atom stereocenters. The van der Waals surface area contributed by atoms with Gasteiger partial charge in [0, 0.05) is 25.7 Å². The molecule has 0 aromatic carbocycles. The Balaban J connectivity index is 1.87. The first kappa shape index (κ1) is 12.2. The maximum absolute atomic E-state index is 11.5. The minimum absolute atomic E-state index is 0.331. The molecule has 3 rings (SSSR count). The van der Waals surface area contributed by atoms with E-state index in [-0.39, 0.29) is 0 Å². The third-order valence-corrected chi connectivity index (χ3v) is 4.10. The Morgan fingerprint density at radius 2 is 2.21 bits per heavy atom. The Morgan fingerprint density at radius 1 is 1.37 bits per heavy atom. The molecule has 2 fully saturated rings. The molecule has 1 amide bonds. The summed E-state index contributed by atoms with van der Waals surface area (Å²) in [6.45, 7) is 4.07. The number of hydrogen-bond donors (Lipinski definition) is 2. The van der Waals surface area contributed by atoms with Gasteiger partial charge in [-0.15, -0.1) is 0 Å². The molecule has 2 aliphatic rings. The van der Waals surface area contributed by atoms with E-state index in [1.54, 1.807) is 12.3 Å². The van der Waals surface area contributed by atoms with Gasteiger partial charge in [0.1, 0.15) is 5.82 Å². The molecule has 0 bridgehead atoms. The van der Waals surface area contributed by atoms with E-state index in [1.165, 1.54) is 19.4 Å². The predicted octanol–water partition coefficient (Wildman–Crippen LogP) is 0.0471. The lowest BCUT2D eigenvalue weighted by molar-refractivity contribution is 0.100. The van der Waals surface area contributed by atoms with Crippen LogP contribution in [0, 0.1) is 0 Å². The fraction of sp³-hybridized carbons (Fsp3) is 0.538. The molecular weight excluding hydrogens is 242 g/mol. The van der Waals surface area contributed by atoms with Crippen LogP contribution in [-0.4, -0.2) is 48.0 Å². The van der Waals surface area contributed by atoms with Gasteiger partial charge in [0.15, 0.2) is 0 Å². The van der Waals surface area contributed by atoms with Crippen LogP contribution in [0.4, 0.5) is 11.5 Å². The maximum atomic E-state index is 11.5. The lowest BCUT2D eigenvalue weighted by Crippen LogP contribution is -2.50. The largest absolute Gasteiger partial charge is 0.384 e. The summed E-state index contributed by atoms with van der Waals surface area (Å²) in [6, 6.07) is 2.16. The van der Waals surface area contributed by atoms with Crippen molar-refractivity contribution < 1.29 is 4.79 Å². The number of rotatable bonds is 2. The van der Waals surface area contributed by atoms with Gasteiger partial charge in [-0.1, -0.05) is 0 Å². The van der Waals surface area contributed by atoms with Crippen LogP contribution in [0.3, 0.4) is 0 Å². The predicted molar refractivity (Wildman–Crippen MR) is 74.0 cm³/mol. The second kappa shape index (κ2) is 4.70. The molecule has 1 aromatic rings. The van der Waals surface area contributed by atoms with Crippen molar-refractivity contribution in [3.63, 3.8) is 0 Å². The first-order chi connectivity index (χ1) is 9.15. The molecule has 0 radical (unpaired) electrons. The Bertz CT molecular complexity index is 504. The van der Waals surface area contributed by atoms with E-state index in [1.807, 2.05) is 0 Å². The number of carbonyl (C=O) groups excluding carboxylic acids is 1. The molecule has 3 heterocycles. The van der Waals surface area contributed by atoms with Crippen molar-refractivity contribution >= 4 is 17.4 Å². The van der Waals surface area contributed by atoms with Crippen molar-refractivity contribution in [2.24, 2.45) is 5.73 Å². The number of amides is 1. The molecule has 2 saturated heterocycles. The van der Waals surface area contributed by atoms with E-state index in [9.17, 15) is 4.79 Å². The van der Waals surface area contributed by atoms with E-state index in [0.717, 1.165) is 25.3 Å². The van der Waals surface area contributed by atoms with E-state index in [0.29, 0.717) is 17.4 Å². The molecule has 6 heteroatoms. The summed E-state index contributed by atoms with van der Waals surface area (Å²) in [4.78, 5) is 20.4. The molecule has 6 nitrogen and oxygen atoms in total. The van der Waals surface area contributed by atoms with Gasteiger partial charge >= 0.3 is 0 Å². The van der Waals surface area contributed by atoms with Gasteiger partial charge in [-0.3, -0.25) is 9.69 Å². The van der Waals surface area contributed by atoms with Crippen LogP contribution in [-0.2, 0) is 0 Å².